The van der Waals surface area contributed by atoms with E-state index >= 15 is 0 Å². The fourth-order valence-corrected chi connectivity index (χ4v) is 9.55. The first-order valence-corrected chi connectivity index (χ1v) is 33.2. The summed E-state index contributed by atoms with van der Waals surface area (Å²) in [6.45, 7) is 3.62. The highest BCUT2D eigenvalue weighted by Crippen LogP contribution is 2.43. The number of allylic oxidation sites excluding steroid dienone is 16. The maximum atomic E-state index is 12.7. The van der Waals surface area contributed by atoms with E-state index in [9.17, 15) is 19.0 Å². The Hall–Kier alpha value is -3.07. The molecular formula is C67H118NO8P. The van der Waals surface area contributed by atoms with Crippen LogP contribution in [0.15, 0.2) is 97.2 Å². The number of unbranched alkanes of at least 4 members (excludes halogenated alkanes) is 30. The third-order valence-corrected chi connectivity index (χ3v) is 14.4. The predicted octanol–water partition coefficient (Wildman–Crippen LogP) is 20.4. The largest absolute Gasteiger partial charge is 0.472 e. The van der Waals surface area contributed by atoms with Gasteiger partial charge in [-0.2, -0.15) is 0 Å². The van der Waals surface area contributed by atoms with Crippen molar-refractivity contribution < 1.29 is 37.6 Å². The van der Waals surface area contributed by atoms with Gasteiger partial charge < -0.3 is 20.1 Å². The summed E-state index contributed by atoms with van der Waals surface area (Å²) in [5.74, 6) is -0.826. The van der Waals surface area contributed by atoms with E-state index in [4.69, 9.17) is 24.3 Å². The van der Waals surface area contributed by atoms with Gasteiger partial charge in [-0.1, -0.05) is 272 Å². The Morgan fingerprint density at radius 1 is 0.403 bits per heavy atom. The topological polar surface area (TPSA) is 134 Å². The average Bonchev–Trinajstić information content (AvgIpc) is 3.42. The zero-order valence-electron chi connectivity index (χ0n) is 49.7. The second kappa shape index (κ2) is 62.1. The van der Waals surface area contributed by atoms with E-state index in [2.05, 4.69) is 111 Å². The van der Waals surface area contributed by atoms with Crippen LogP contribution in [0.5, 0.6) is 0 Å². The van der Waals surface area contributed by atoms with Crippen molar-refractivity contribution in [2.75, 3.05) is 26.4 Å². The normalized spacial score (nSPS) is 13.7. The van der Waals surface area contributed by atoms with E-state index in [-0.39, 0.29) is 38.6 Å². The monoisotopic (exact) mass is 1100 g/mol. The van der Waals surface area contributed by atoms with Gasteiger partial charge in [-0.15, -0.1) is 0 Å². The summed E-state index contributed by atoms with van der Waals surface area (Å²) < 4.78 is 33.1. The van der Waals surface area contributed by atoms with Crippen molar-refractivity contribution in [3.63, 3.8) is 0 Å². The zero-order valence-corrected chi connectivity index (χ0v) is 50.6. The molecule has 2 unspecified atom stereocenters. The van der Waals surface area contributed by atoms with Crippen LogP contribution in [0.2, 0.25) is 0 Å². The fraction of sp³-hybridized carbons (Fsp3) is 0.731. The molecule has 0 bridgehead atoms. The molecule has 0 heterocycles. The Balaban J connectivity index is 3.87. The maximum absolute atomic E-state index is 12.7. The molecule has 0 aliphatic rings. The standard InChI is InChI=1S/C67H118NO8P/c1-3-5-7-9-11-13-15-17-19-21-23-24-25-26-27-28-29-30-31-32-33-34-35-36-37-38-39-40-42-44-46-48-50-52-54-56-58-60-67(70)76-65(64-75-77(71,72)74-62-61-68)63-73-66(69)59-57-55-53-51-49-47-45-43-41-22-20-18-16-14-12-10-8-6-4-2/h5,7,11-14,17-20,23-24,26-27,29-30,65H,3-4,6,8-10,15-16,21-22,25,28,31-64,68H2,1-2H3,(H,71,72)/b7-5-,13-11-,14-12-,19-17-,20-18-,24-23-,27-26-,30-29-. The molecular weight excluding hydrogens is 978 g/mol. The van der Waals surface area contributed by atoms with Crippen molar-refractivity contribution in [1.29, 1.82) is 0 Å². The van der Waals surface area contributed by atoms with Gasteiger partial charge in [0, 0.05) is 19.4 Å². The minimum atomic E-state index is -4.39. The van der Waals surface area contributed by atoms with Crippen LogP contribution < -0.4 is 5.73 Å². The van der Waals surface area contributed by atoms with Gasteiger partial charge in [0.15, 0.2) is 6.10 Å². The van der Waals surface area contributed by atoms with Crippen LogP contribution in [0.25, 0.3) is 0 Å². The molecule has 444 valence electrons. The van der Waals surface area contributed by atoms with Crippen molar-refractivity contribution in [3.05, 3.63) is 97.2 Å². The smallest absolute Gasteiger partial charge is 0.462 e. The highest BCUT2D eigenvalue weighted by atomic mass is 31.2. The minimum Gasteiger partial charge on any atom is -0.462 e. The molecule has 0 aromatic carbocycles. The minimum absolute atomic E-state index is 0.0508. The second-order valence-corrected chi connectivity index (χ2v) is 22.3. The van der Waals surface area contributed by atoms with E-state index in [0.717, 1.165) is 96.3 Å². The van der Waals surface area contributed by atoms with E-state index in [1.807, 2.05) is 0 Å². The number of rotatable bonds is 59. The summed E-state index contributed by atoms with van der Waals surface area (Å²) in [5.41, 5.74) is 5.39. The number of nitrogens with two attached hydrogens (primary N) is 1. The summed E-state index contributed by atoms with van der Waals surface area (Å²) in [5, 5.41) is 0. The maximum Gasteiger partial charge on any atom is 0.472 e. The van der Waals surface area contributed by atoms with Gasteiger partial charge in [-0.25, -0.2) is 4.57 Å². The molecule has 0 aliphatic heterocycles. The third kappa shape index (κ3) is 62.0. The molecule has 0 aromatic rings. The molecule has 77 heavy (non-hydrogen) atoms. The average molecular weight is 1100 g/mol. The van der Waals surface area contributed by atoms with Gasteiger partial charge in [0.1, 0.15) is 6.61 Å². The van der Waals surface area contributed by atoms with Crippen molar-refractivity contribution in [3.8, 4) is 0 Å². The van der Waals surface area contributed by atoms with Crippen LogP contribution in [0, 0.1) is 0 Å². The highest BCUT2D eigenvalue weighted by molar-refractivity contribution is 7.47. The van der Waals surface area contributed by atoms with E-state index in [1.54, 1.807) is 0 Å². The number of carbonyl (C=O) groups is 2. The molecule has 2 atom stereocenters. The highest BCUT2D eigenvalue weighted by Gasteiger charge is 2.26. The molecule has 0 aliphatic carbocycles. The van der Waals surface area contributed by atoms with E-state index in [0.29, 0.717) is 6.42 Å². The molecule has 0 radical (unpaired) electrons. The lowest BCUT2D eigenvalue weighted by Crippen LogP contribution is -2.29. The quantitative estimate of drug-likeness (QED) is 0.0264. The molecule has 9 nitrogen and oxygen atoms in total. The van der Waals surface area contributed by atoms with Crippen molar-refractivity contribution in [2.24, 2.45) is 5.73 Å². The lowest BCUT2D eigenvalue weighted by atomic mass is 10.0. The molecule has 0 saturated heterocycles. The summed E-state index contributed by atoms with van der Waals surface area (Å²) >= 11 is 0. The van der Waals surface area contributed by atoms with Crippen LogP contribution in [0.3, 0.4) is 0 Å². The van der Waals surface area contributed by atoms with Crippen LogP contribution in [0.1, 0.15) is 284 Å². The molecule has 3 N–H and O–H groups in total. The lowest BCUT2D eigenvalue weighted by Gasteiger charge is -2.19. The summed E-state index contributed by atoms with van der Waals surface area (Å²) in [6.07, 6.45) is 83.4. The third-order valence-electron chi connectivity index (χ3n) is 13.5. The van der Waals surface area contributed by atoms with Gasteiger partial charge >= 0.3 is 19.8 Å². The Morgan fingerprint density at radius 3 is 1.06 bits per heavy atom. The number of hydrogen-bond acceptors (Lipinski definition) is 8. The van der Waals surface area contributed by atoms with Crippen LogP contribution in [-0.4, -0.2) is 49.3 Å². The van der Waals surface area contributed by atoms with E-state index in [1.165, 1.54) is 154 Å². The van der Waals surface area contributed by atoms with Gasteiger partial charge in [-0.05, 0) is 96.3 Å². The number of ether oxygens (including phenoxy) is 2. The SMILES string of the molecule is CC/C=C\C/C=C\C/C=C\C/C=C\C/C=C\C/C=C\CCCCCCCCCCCCCCCCCCCCC(=O)OC(COC(=O)CCCCCCCCCCC/C=C\C/C=C\CCCCC)COP(=O)(O)OCCN. The Kier molecular flexibility index (Phi) is 59.7. The molecule has 10 heteroatoms. The second-order valence-electron chi connectivity index (χ2n) is 20.9. The number of hydrogen-bond donors (Lipinski definition) is 2. The Labute approximate surface area is 474 Å². The van der Waals surface area contributed by atoms with Gasteiger partial charge in [0.2, 0.25) is 0 Å². The van der Waals surface area contributed by atoms with Crippen molar-refractivity contribution in [1.82, 2.24) is 0 Å². The fourth-order valence-electron chi connectivity index (χ4n) is 8.79. The molecule has 0 saturated carbocycles. The molecule has 0 spiro atoms. The van der Waals surface area contributed by atoms with Crippen molar-refractivity contribution >= 4 is 19.8 Å². The predicted molar refractivity (Wildman–Crippen MR) is 330 cm³/mol. The first-order chi connectivity index (χ1) is 37.8. The van der Waals surface area contributed by atoms with Crippen LogP contribution >= 0.6 is 7.82 Å². The zero-order chi connectivity index (χ0) is 55.9. The lowest BCUT2D eigenvalue weighted by molar-refractivity contribution is -0.161. The first-order valence-electron chi connectivity index (χ1n) is 31.7. The van der Waals surface area contributed by atoms with Gasteiger partial charge in [-0.3, -0.25) is 18.6 Å². The summed E-state index contributed by atoms with van der Waals surface area (Å²) in [6, 6.07) is 0. The Morgan fingerprint density at radius 2 is 0.714 bits per heavy atom. The van der Waals surface area contributed by atoms with E-state index < -0.39 is 26.5 Å². The Bertz CT molecular complexity index is 1580. The first kappa shape index (κ1) is 73.9. The van der Waals surface area contributed by atoms with Gasteiger partial charge in [0.05, 0.1) is 13.2 Å². The number of esters is 2. The van der Waals surface area contributed by atoms with Crippen LogP contribution in [0.4, 0.5) is 0 Å². The van der Waals surface area contributed by atoms with Gasteiger partial charge in [0.25, 0.3) is 0 Å². The van der Waals surface area contributed by atoms with Crippen LogP contribution in [-0.2, 0) is 32.7 Å². The van der Waals surface area contributed by atoms with Crippen molar-refractivity contribution in [2.45, 2.75) is 290 Å². The molecule has 0 amide bonds. The molecule has 0 aromatic heterocycles. The summed E-state index contributed by atoms with van der Waals surface area (Å²) in [4.78, 5) is 35.2. The molecule has 0 fully saturated rings. The summed E-state index contributed by atoms with van der Waals surface area (Å²) in [7, 11) is -4.39. The number of phosphoric acid groups is 1. The number of carbonyl (C=O) groups excluding carboxylic acids is 2. The molecule has 0 rings (SSSR count). The number of phosphoric ester groups is 1.